The third kappa shape index (κ3) is 4.10. The number of nitrogens with zero attached hydrogens (tertiary/aromatic N) is 2. The minimum absolute atomic E-state index is 0.346. The molecule has 1 aliphatic heterocycles. The number of hydrogen-bond acceptors (Lipinski definition) is 2. The van der Waals surface area contributed by atoms with Crippen molar-refractivity contribution < 1.29 is 18.0 Å². The van der Waals surface area contributed by atoms with Crippen molar-refractivity contribution in [2.75, 3.05) is 11.9 Å². The van der Waals surface area contributed by atoms with Crippen molar-refractivity contribution in [3.05, 3.63) is 59.8 Å². The van der Waals surface area contributed by atoms with Crippen LogP contribution in [0, 0.1) is 0 Å². The maximum atomic E-state index is 13.0. The van der Waals surface area contributed by atoms with Crippen LogP contribution >= 0.6 is 0 Å². The Morgan fingerprint density at radius 2 is 2.00 bits per heavy atom. The van der Waals surface area contributed by atoms with E-state index in [2.05, 4.69) is 10.3 Å². The SMILES string of the molecule is O=C(Nc1ccccn1)N1CCCCC1c1cccc(C(F)(F)F)c1. The van der Waals surface area contributed by atoms with E-state index in [1.54, 1.807) is 35.4 Å². The van der Waals surface area contributed by atoms with Crippen LogP contribution in [-0.4, -0.2) is 22.5 Å². The van der Waals surface area contributed by atoms with Crippen molar-refractivity contribution in [2.24, 2.45) is 0 Å². The number of anilines is 1. The van der Waals surface area contributed by atoms with Gasteiger partial charge in [0, 0.05) is 12.7 Å². The van der Waals surface area contributed by atoms with Gasteiger partial charge in [-0.1, -0.05) is 18.2 Å². The molecular formula is C18H18F3N3O. The first-order chi connectivity index (χ1) is 11.9. The Balaban J connectivity index is 1.82. The van der Waals surface area contributed by atoms with E-state index < -0.39 is 11.7 Å². The molecule has 1 N–H and O–H groups in total. The topological polar surface area (TPSA) is 45.2 Å². The van der Waals surface area contributed by atoms with E-state index in [4.69, 9.17) is 0 Å². The molecule has 1 aromatic heterocycles. The number of halogens is 3. The maximum absolute atomic E-state index is 13.0. The van der Waals surface area contributed by atoms with Gasteiger partial charge in [-0.15, -0.1) is 0 Å². The van der Waals surface area contributed by atoms with Gasteiger partial charge < -0.3 is 4.90 Å². The fourth-order valence-electron chi connectivity index (χ4n) is 3.06. The largest absolute Gasteiger partial charge is 0.416 e. The molecule has 1 aromatic carbocycles. The van der Waals surface area contributed by atoms with Gasteiger partial charge in [0.25, 0.3) is 0 Å². The van der Waals surface area contributed by atoms with Gasteiger partial charge in [-0.3, -0.25) is 5.32 Å². The zero-order valence-corrected chi connectivity index (χ0v) is 13.5. The van der Waals surface area contributed by atoms with Crippen molar-refractivity contribution in [3.8, 4) is 0 Å². The molecule has 1 fully saturated rings. The van der Waals surface area contributed by atoms with Crippen LogP contribution < -0.4 is 5.32 Å². The first kappa shape index (κ1) is 17.3. The molecule has 0 bridgehead atoms. The van der Waals surface area contributed by atoms with Gasteiger partial charge in [0.2, 0.25) is 0 Å². The van der Waals surface area contributed by atoms with Crippen LogP contribution in [0.3, 0.4) is 0 Å². The molecule has 132 valence electrons. The van der Waals surface area contributed by atoms with Crippen molar-refractivity contribution in [2.45, 2.75) is 31.5 Å². The summed E-state index contributed by atoms with van der Waals surface area (Å²) in [5, 5.41) is 2.71. The normalized spacial score (nSPS) is 18.0. The van der Waals surface area contributed by atoms with Crippen LogP contribution in [0.15, 0.2) is 48.7 Å². The number of pyridine rings is 1. The quantitative estimate of drug-likeness (QED) is 0.841. The average Bonchev–Trinajstić information content (AvgIpc) is 2.62. The molecule has 1 atom stereocenters. The first-order valence-electron chi connectivity index (χ1n) is 8.11. The van der Waals surface area contributed by atoms with Gasteiger partial charge in [-0.05, 0) is 49.1 Å². The summed E-state index contributed by atoms with van der Waals surface area (Å²) in [6.45, 7) is 0.500. The van der Waals surface area contributed by atoms with Crippen LogP contribution in [0.2, 0.25) is 0 Å². The highest BCUT2D eigenvalue weighted by Crippen LogP contribution is 2.35. The highest BCUT2D eigenvalue weighted by Gasteiger charge is 2.33. The van der Waals surface area contributed by atoms with Crippen LogP contribution in [0.5, 0.6) is 0 Å². The van der Waals surface area contributed by atoms with Crippen LogP contribution in [0.4, 0.5) is 23.8 Å². The third-order valence-corrected chi connectivity index (χ3v) is 4.26. The van der Waals surface area contributed by atoms with Gasteiger partial charge in [-0.2, -0.15) is 13.2 Å². The predicted octanol–water partition coefficient (Wildman–Crippen LogP) is 4.86. The van der Waals surface area contributed by atoms with E-state index in [0.29, 0.717) is 24.3 Å². The highest BCUT2D eigenvalue weighted by atomic mass is 19.4. The number of likely N-dealkylation sites (tertiary alicyclic amines) is 1. The zero-order valence-electron chi connectivity index (χ0n) is 13.5. The number of aromatic nitrogens is 1. The van der Waals surface area contributed by atoms with E-state index >= 15 is 0 Å². The second-order valence-electron chi connectivity index (χ2n) is 5.97. The van der Waals surface area contributed by atoms with Gasteiger partial charge in [0.15, 0.2) is 0 Å². The molecule has 0 radical (unpaired) electrons. The number of urea groups is 1. The summed E-state index contributed by atoms with van der Waals surface area (Å²) in [6.07, 6.45) is -0.502. The molecule has 1 unspecified atom stereocenters. The third-order valence-electron chi connectivity index (χ3n) is 4.26. The van der Waals surface area contributed by atoms with Crippen molar-refractivity contribution in [1.29, 1.82) is 0 Å². The number of nitrogens with one attached hydrogen (secondary N) is 1. The number of amides is 2. The molecule has 1 saturated heterocycles. The minimum atomic E-state index is -4.40. The number of benzene rings is 1. The maximum Gasteiger partial charge on any atom is 0.416 e. The molecule has 1 aliphatic rings. The Kier molecular flexibility index (Phi) is 4.92. The fourth-order valence-corrected chi connectivity index (χ4v) is 3.06. The summed E-state index contributed by atoms with van der Waals surface area (Å²) < 4.78 is 38.9. The summed E-state index contributed by atoms with van der Waals surface area (Å²) in [5.74, 6) is 0.417. The van der Waals surface area contributed by atoms with E-state index in [1.807, 2.05) is 0 Å². The summed E-state index contributed by atoms with van der Waals surface area (Å²) in [4.78, 5) is 18.2. The standard InChI is InChI=1S/C18H18F3N3O/c19-18(20,21)14-7-5-6-13(12-14)15-8-2-4-11-24(15)17(25)23-16-9-1-3-10-22-16/h1,3,5-7,9-10,12,15H,2,4,8,11H2,(H,22,23,25). The highest BCUT2D eigenvalue weighted by molar-refractivity contribution is 5.88. The molecule has 4 nitrogen and oxygen atoms in total. The molecule has 3 rings (SSSR count). The van der Waals surface area contributed by atoms with Gasteiger partial charge >= 0.3 is 12.2 Å². The predicted molar refractivity (Wildman–Crippen MR) is 88.0 cm³/mol. The number of piperidine rings is 1. The van der Waals surface area contributed by atoms with Gasteiger partial charge in [0.05, 0.1) is 11.6 Å². The smallest absolute Gasteiger partial charge is 0.317 e. The summed E-state index contributed by atoms with van der Waals surface area (Å²) in [5.41, 5.74) is -0.189. The fraction of sp³-hybridized carbons (Fsp3) is 0.333. The van der Waals surface area contributed by atoms with Gasteiger partial charge in [0.1, 0.15) is 5.82 Å². The van der Waals surface area contributed by atoms with Crippen molar-refractivity contribution >= 4 is 11.8 Å². The summed E-state index contributed by atoms with van der Waals surface area (Å²) in [6, 6.07) is 9.66. The summed E-state index contributed by atoms with van der Waals surface area (Å²) in [7, 11) is 0. The van der Waals surface area contributed by atoms with Crippen LogP contribution in [0.25, 0.3) is 0 Å². The second-order valence-corrected chi connectivity index (χ2v) is 5.97. The molecule has 2 heterocycles. The monoisotopic (exact) mass is 349 g/mol. The Morgan fingerprint density at radius 3 is 2.72 bits per heavy atom. The molecular weight excluding hydrogens is 331 g/mol. The number of hydrogen-bond donors (Lipinski definition) is 1. The van der Waals surface area contributed by atoms with E-state index in [-0.39, 0.29) is 12.1 Å². The Bertz CT molecular complexity index is 734. The molecule has 0 saturated carbocycles. The lowest BCUT2D eigenvalue weighted by atomic mass is 9.94. The minimum Gasteiger partial charge on any atom is -0.317 e. The van der Waals surface area contributed by atoms with Crippen LogP contribution in [-0.2, 0) is 6.18 Å². The molecule has 2 amide bonds. The lowest BCUT2D eigenvalue weighted by molar-refractivity contribution is -0.137. The first-order valence-corrected chi connectivity index (χ1v) is 8.11. The number of alkyl halides is 3. The van der Waals surface area contributed by atoms with E-state index in [0.717, 1.165) is 25.0 Å². The zero-order chi connectivity index (χ0) is 17.9. The average molecular weight is 349 g/mol. The molecule has 0 aliphatic carbocycles. The number of carbonyl (C=O) groups excluding carboxylic acids is 1. The molecule has 25 heavy (non-hydrogen) atoms. The van der Waals surface area contributed by atoms with Crippen molar-refractivity contribution in [3.63, 3.8) is 0 Å². The molecule has 0 spiro atoms. The van der Waals surface area contributed by atoms with E-state index in [9.17, 15) is 18.0 Å². The van der Waals surface area contributed by atoms with Gasteiger partial charge in [-0.25, -0.2) is 9.78 Å². The Hall–Kier alpha value is -2.57. The molecule has 2 aromatic rings. The van der Waals surface area contributed by atoms with Crippen LogP contribution in [0.1, 0.15) is 36.4 Å². The van der Waals surface area contributed by atoms with Crippen molar-refractivity contribution in [1.82, 2.24) is 9.88 Å². The van der Waals surface area contributed by atoms with E-state index in [1.165, 1.54) is 6.07 Å². The Morgan fingerprint density at radius 1 is 1.16 bits per heavy atom. The molecule has 7 heteroatoms. The lowest BCUT2D eigenvalue weighted by Crippen LogP contribution is -2.41. The number of rotatable bonds is 2. The second kappa shape index (κ2) is 7.13. The lowest BCUT2D eigenvalue weighted by Gasteiger charge is -2.36. The number of carbonyl (C=O) groups is 1. The Labute approximate surface area is 143 Å². The summed E-state index contributed by atoms with van der Waals surface area (Å²) >= 11 is 0.